The number of carbonyl (C=O) groups excluding carboxylic acids is 1. The Balaban J connectivity index is 1.73. The third-order valence-corrected chi connectivity index (χ3v) is 4.97. The van der Waals surface area contributed by atoms with Gasteiger partial charge in [-0.2, -0.15) is 5.10 Å². The molecule has 24 heavy (non-hydrogen) atoms. The van der Waals surface area contributed by atoms with Crippen molar-refractivity contribution in [2.24, 2.45) is 17.8 Å². The molecule has 1 saturated heterocycles. The van der Waals surface area contributed by atoms with Gasteiger partial charge in [-0.3, -0.25) is 14.3 Å². The number of carbonyl (C=O) groups is 2. The summed E-state index contributed by atoms with van der Waals surface area (Å²) in [4.78, 5) is 26.1. The molecule has 0 spiro atoms. The zero-order valence-electron chi connectivity index (χ0n) is 14.3. The van der Waals surface area contributed by atoms with Gasteiger partial charge >= 0.3 is 5.97 Å². The lowest BCUT2D eigenvalue weighted by Crippen LogP contribution is -2.32. The lowest BCUT2D eigenvalue weighted by molar-refractivity contribution is -0.142. The molecule has 7 nitrogen and oxygen atoms in total. The zero-order valence-corrected chi connectivity index (χ0v) is 14.3. The minimum atomic E-state index is -0.789. The second-order valence-electron chi connectivity index (χ2n) is 6.75. The topological polar surface area (TPSA) is 84.7 Å². The number of hydrogen-bond donors (Lipinski definition) is 1. The third kappa shape index (κ3) is 3.45. The normalized spacial score (nSPS) is 23.7. The van der Waals surface area contributed by atoms with Crippen LogP contribution in [-0.4, -0.2) is 58.0 Å². The number of carboxylic acid groups (broad SMARTS) is 1. The highest BCUT2D eigenvalue weighted by atomic mass is 16.5. The number of aliphatic carboxylic acids is 1. The van der Waals surface area contributed by atoms with Crippen LogP contribution in [0.1, 0.15) is 35.9 Å². The molecule has 1 amide bonds. The van der Waals surface area contributed by atoms with Crippen molar-refractivity contribution in [2.45, 2.75) is 33.2 Å². The summed E-state index contributed by atoms with van der Waals surface area (Å²) >= 11 is 0. The van der Waals surface area contributed by atoms with Crippen LogP contribution in [0.5, 0.6) is 0 Å². The Morgan fingerprint density at radius 1 is 1.38 bits per heavy atom. The molecule has 3 rings (SSSR count). The van der Waals surface area contributed by atoms with Gasteiger partial charge in [-0.15, -0.1) is 0 Å². The Hall–Kier alpha value is -1.89. The summed E-state index contributed by atoms with van der Waals surface area (Å²) < 4.78 is 7.02. The Bertz CT molecular complexity index is 623. The van der Waals surface area contributed by atoms with Crippen LogP contribution in [0.15, 0.2) is 6.07 Å². The van der Waals surface area contributed by atoms with E-state index in [1.54, 1.807) is 15.6 Å². The number of hydrogen-bond acceptors (Lipinski definition) is 4. The highest BCUT2D eigenvalue weighted by Gasteiger charge is 2.47. The first-order valence-corrected chi connectivity index (χ1v) is 8.65. The molecule has 0 aromatic carbocycles. The van der Waals surface area contributed by atoms with E-state index in [-0.39, 0.29) is 11.8 Å². The zero-order chi connectivity index (χ0) is 17.3. The molecular weight excluding hydrogens is 310 g/mol. The fraction of sp³-hybridized carbons (Fsp3) is 0.706. The van der Waals surface area contributed by atoms with Crippen molar-refractivity contribution in [3.63, 3.8) is 0 Å². The molecule has 2 atom stereocenters. The molecule has 0 bridgehead atoms. The number of nitrogens with zero attached hydrogens (tertiary/aromatic N) is 3. The average Bonchev–Trinajstić information content (AvgIpc) is 3.17. The number of amides is 1. The van der Waals surface area contributed by atoms with Crippen molar-refractivity contribution in [1.82, 2.24) is 14.7 Å². The maximum Gasteiger partial charge on any atom is 0.308 e. The van der Waals surface area contributed by atoms with E-state index in [1.165, 1.54) is 0 Å². The van der Waals surface area contributed by atoms with E-state index in [0.29, 0.717) is 44.5 Å². The second-order valence-corrected chi connectivity index (χ2v) is 6.75. The fourth-order valence-electron chi connectivity index (χ4n) is 3.60. The second kappa shape index (κ2) is 6.93. The quantitative estimate of drug-likeness (QED) is 0.762. The maximum absolute atomic E-state index is 12.9. The molecule has 7 heteroatoms. The van der Waals surface area contributed by atoms with Crippen molar-refractivity contribution in [1.29, 1.82) is 0 Å². The summed E-state index contributed by atoms with van der Waals surface area (Å²) in [6.07, 6.45) is 2.17. The van der Waals surface area contributed by atoms with Crippen LogP contribution >= 0.6 is 0 Å². The number of likely N-dealkylation sites (tertiary alicyclic amines) is 1. The molecule has 2 fully saturated rings. The van der Waals surface area contributed by atoms with Crippen molar-refractivity contribution >= 4 is 11.9 Å². The minimum absolute atomic E-state index is 0.0901. The molecular formula is C17H25N3O4. The first-order chi connectivity index (χ1) is 11.5. The van der Waals surface area contributed by atoms with Gasteiger partial charge in [0.05, 0.1) is 24.8 Å². The largest absolute Gasteiger partial charge is 0.481 e. The smallest absolute Gasteiger partial charge is 0.308 e. The number of aryl methyl sites for hydroxylation is 1. The molecule has 1 N–H and O–H groups in total. The average molecular weight is 335 g/mol. The fourth-order valence-corrected chi connectivity index (χ4v) is 3.60. The Morgan fingerprint density at radius 3 is 2.75 bits per heavy atom. The number of ether oxygens (including phenoxy) is 1. The molecule has 1 aromatic heterocycles. The van der Waals surface area contributed by atoms with E-state index in [1.807, 2.05) is 13.8 Å². The molecule has 2 aliphatic rings. The van der Waals surface area contributed by atoms with Gasteiger partial charge in [0.15, 0.2) is 0 Å². The molecule has 2 heterocycles. The van der Waals surface area contributed by atoms with E-state index in [0.717, 1.165) is 18.5 Å². The van der Waals surface area contributed by atoms with E-state index < -0.39 is 11.9 Å². The Morgan fingerprint density at radius 2 is 2.12 bits per heavy atom. The van der Waals surface area contributed by atoms with Crippen LogP contribution in [0.25, 0.3) is 0 Å². The monoisotopic (exact) mass is 335 g/mol. The van der Waals surface area contributed by atoms with Crippen LogP contribution in [0, 0.1) is 24.7 Å². The molecule has 1 aliphatic carbocycles. The van der Waals surface area contributed by atoms with Crippen molar-refractivity contribution < 1.29 is 19.4 Å². The summed E-state index contributed by atoms with van der Waals surface area (Å²) in [6.45, 7) is 6.26. The van der Waals surface area contributed by atoms with Crippen LogP contribution < -0.4 is 0 Å². The molecule has 0 radical (unpaired) electrons. The van der Waals surface area contributed by atoms with Gasteiger partial charge in [0.25, 0.3) is 5.91 Å². The van der Waals surface area contributed by atoms with E-state index >= 15 is 0 Å². The van der Waals surface area contributed by atoms with Gasteiger partial charge in [0.2, 0.25) is 0 Å². The standard InChI is InChI=1S/C17H25N3O4/c1-3-24-7-6-20-15(8-11(2)18-20)16(21)19-9-13(12-4-5-12)14(10-19)17(22)23/h8,12-14H,3-7,9-10H2,1-2H3,(H,22,23)/t13-,14+/m1/s1. The Kier molecular flexibility index (Phi) is 4.89. The molecule has 1 saturated carbocycles. The summed E-state index contributed by atoms with van der Waals surface area (Å²) in [5.74, 6) is -0.798. The first-order valence-electron chi connectivity index (χ1n) is 8.65. The summed E-state index contributed by atoms with van der Waals surface area (Å²) in [6, 6.07) is 1.77. The SMILES string of the molecule is CCOCCn1nc(C)cc1C(=O)N1C[C@H](C(=O)O)[C@@H](C2CC2)C1. The molecule has 0 unspecified atom stereocenters. The van der Waals surface area contributed by atoms with Crippen LogP contribution in [0.3, 0.4) is 0 Å². The number of aromatic nitrogens is 2. The van der Waals surface area contributed by atoms with Gasteiger partial charge in [-0.05, 0) is 44.6 Å². The van der Waals surface area contributed by atoms with Crippen molar-refractivity contribution in [3.05, 3.63) is 17.5 Å². The predicted molar refractivity (Wildman–Crippen MR) is 86.7 cm³/mol. The van der Waals surface area contributed by atoms with Gasteiger partial charge in [-0.25, -0.2) is 0 Å². The number of rotatable bonds is 7. The maximum atomic E-state index is 12.9. The van der Waals surface area contributed by atoms with Crippen molar-refractivity contribution in [2.75, 3.05) is 26.3 Å². The van der Waals surface area contributed by atoms with Crippen LogP contribution in [0.4, 0.5) is 0 Å². The van der Waals surface area contributed by atoms with Gasteiger partial charge < -0.3 is 14.7 Å². The first kappa shape index (κ1) is 17.0. The highest BCUT2D eigenvalue weighted by molar-refractivity contribution is 5.93. The van der Waals surface area contributed by atoms with Crippen LogP contribution in [-0.2, 0) is 16.1 Å². The van der Waals surface area contributed by atoms with E-state index in [2.05, 4.69) is 5.10 Å². The minimum Gasteiger partial charge on any atom is -0.481 e. The molecule has 1 aliphatic heterocycles. The predicted octanol–water partition coefficient (Wildman–Crippen LogP) is 1.41. The van der Waals surface area contributed by atoms with Gasteiger partial charge in [0, 0.05) is 19.7 Å². The highest BCUT2D eigenvalue weighted by Crippen LogP contribution is 2.44. The van der Waals surface area contributed by atoms with E-state index in [9.17, 15) is 14.7 Å². The van der Waals surface area contributed by atoms with E-state index in [4.69, 9.17) is 4.74 Å². The van der Waals surface area contributed by atoms with Gasteiger partial charge in [-0.1, -0.05) is 0 Å². The molecule has 1 aromatic rings. The lowest BCUT2D eigenvalue weighted by Gasteiger charge is -2.17. The molecule has 132 valence electrons. The van der Waals surface area contributed by atoms with Crippen LogP contribution in [0.2, 0.25) is 0 Å². The number of carboxylic acids is 1. The third-order valence-electron chi connectivity index (χ3n) is 4.97. The summed E-state index contributed by atoms with van der Waals surface area (Å²) in [5.41, 5.74) is 1.30. The van der Waals surface area contributed by atoms with Gasteiger partial charge in [0.1, 0.15) is 5.69 Å². The summed E-state index contributed by atoms with van der Waals surface area (Å²) in [7, 11) is 0. The Labute approximate surface area is 141 Å². The van der Waals surface area contributed by atoms with Crippen molar-refractivity contribution in [3.8, 4) is 0 Å². The summed E-state index contributed by atoms with van der Waals surface area (Å²) in [5, 5.41) is 13.8. The lowest BCUT2D eigenvalue weighted by atomic mass is 9.92.